The Morgan fingerprint density at radius 3 is 2.48 bits per heavy atom. The molecule has 1 atom stereocenters. The van der Waals surface area contributed by atoms with Gasteiger partial charge in [0, 0.05) is 10.7 Å². The minimum atomic E-state index is -1.25. The molecular weight excluding hydrogens is 415 g/mol. The van der Waals surface area contributed by atoms with Crippen LogP contribution >= 0.6 is 23.2 Å². The van der Waals surface area contributed by atoms with Crippen molar-refractivity contribution >= 4 is 46.7 Å². The van der Waals surface area contributed by atoms with Crippen molar-refractivity contribution in [1.29, 1.82) is 5.26 Å². The van der Waals surface area contributed by atoms with E-state index in [0.29, 0.717) is 22.7 Å². The van der Waals surface area contributed by atoms with Gasteiger partial charge in [0.15, 0.2) is 0 Å². The number of benzene rings is 2. The molecule has 1 fully saturated rings. The second kappa shape index (κ2) is 8.11. The average molecular weight is 431 g/mol. The largest absolute Gasteiger partial charge is 0.325 e. The van der Waals surface area contributed by atoms with E-state index in [-0.39, 0.29) is 10.6 Å². The smallest absolute Gasteiger partial charge is 0.324 e. The molecule has 0 aromatic heterocycles. The van der Waals surface area contributed by atoms with E-state index in [9.17, 15) is 14.4 Å². The first-order chi connectivity index (χ1) is 13.8. The molecule has 3 rings (SSSR count). The lowest BCUT2D eigenvalue weighted by Crippen LogP contribution is -2.44. The Morgan fingerprint density at radius 1 is 1.21 bits per heavy atom. The molecule has 0 bridgehead atoms. The average Bonchev–Trinajstić information content (AvgIpc) is 2.94. The molecule has 148 valence electrons. The predicted molar refractivity (Wildman–Crippen MR) is 108 cm³/mol. The number of urea groups is 1. The third-order valence-electron chi connectivity index (χ3n) is 4.72. The first-order valence-electron chi connectivity index (χ1n) is 8.70. The van der Waals surface area contributed by atoms with Crippen molar-refractivity contribution in [1.82, 2.24) is 10.2 Å². The molecule has 0 saturated carbocycles. The summed E-state index contributed by atoms with van der Waals surface area (Å²) in [6.07, 6.45) is 0.308. The highest BCUT2D eigenvalue weighted by Crippen LogP contribution is 2.33. The van der Waals surface area contributed by atoms with E-state index in [1.807, 2.05) is 6.07 Å². The van der Waals surface area contributed by atoms with Gasteiger partial charge in [0.05, 0.1) is 10.6 Å². The van der Waals surface area contributed by atoms with Crippen molar-refractivity contribution in [3.8, 4) is 6.07 Å². The fourth-order valence-electron chi connectivity index (χ4n) is 3.17. The Hall–Kier alpha value is -3.08. The third-order valence-corrected chi connectivity index (χ3v) is 5.28. The summed E-state index contributed by atoms with van der Waals surface area (Å²) in [5.41, 5.74) is -0.0378. The van der Waals surface area contributed by atoms with Crippen LogP contribution in [-0.2, 0) is 15.1 Å². The number of carbonyl (C=O) groups is 3. The quantitative estimate of drug-likeness (QED) is 0.706. The zero-order valence-corrected chi connectivity index (χ0v) is 16.8. The molecule has 1 unspecified atom stereocenters. The lowest BCUT2D eigenvalue weighted by atomic mass is 9.87. The molecule has 0 radical (unpaired) electrons. The van der Waals surface area contributed by atoms with Crippen molar-refractivity contribution in [2.24, 2.45) is 0 Å². The number of amides is 4. The van der Waals surface area contributed by atoms with E-state index >= 15 is 0 Å². The maximum atomic E-state index is 13.1. The minimum Gasteiger partial charge on any atom is -0.324 e. The topological polar surface area (TPSA) is 102 Å². The van der Waals surface area contributed by atoms with Crippen LogP contribution in [0.5, 0.6) is 0 Å². The van der Waals surface area contributed by atoms with Gasteiger partial charge in [-0.3, -0.25) is 14.5 Å². The van der Waals surface area contributed by atoms with Crippen LogP contribution in [0.25, 0.3) is 0 Å². The Morgan fingerprint density at radius 2 is 1.90 bits per heavy atom. The van der Waals surface area contributed by atoms with Gasteiger partial charge in [-0.05, 0) is 42.3 Å². The first-order valence-corrected chi connectivity index (χ1v) is 9.46. The Bertz CT molecular complexity index is 1030. The van der Waals surface area contributed by atoms with E-state index in [1.54, 1.807) is 31.2 Å². The molecule has 1 saturated heterocycles. The zero-order chi connectivity index (χ0) is 21.2. The van der Waals surface area contributed by atoms with Crippen molar-refractivity contribution in [2.45, 2.75) is 18.9 Å². The summed E-state index contributed by atoms with van der Waals surface area (Å²) in [6.45, 7) is 1.31. The molecule has 4 amide bonds. The fraction of sp³-hybridized carbons (Fsp3) is 0.200. The van der Waals surface area contributed by atoms with Crippen molar-refractivity contribution in [2.75, 3.05) is 11.9 Å². The van der Waals surface area contributed by atoms with Gasteiger partial charge in [0.25, 0.3) is 5.91 Å². The standard InChI is InChI=1S/C20H16Cl2N4O3/c1-2-20(13-4-6-14(21)7-5-13)18(28)26(19(29)25-20)11-17(27)24-15-8-3-12(10-23)16(22)9-15/h3-9H,2,11H2,1H3,(H,24,27)(H,25,29). The van der Waals surface area contributed by atoms with Gasteiger partial charge in [0.2, 0.25) is 5.91 Å². The van der Waals surface area contributed by atoms with Crippen molar-refractivity contribution in [3.63, 3.8) is 0 Å². The predicted octanol–water partition coefficient (Wildman–Crippen LogP) is 3.66. The zero-order valence-electron chi connectivity index (χ0n) is 15.3. The highest BCUT2D eigenvalue weighted by molar-refractivity contribution is 6.32. The van der Waals surface area contributed by atoms with Crippen LogP contribution in [-0.4, -0.2) is 29.3 Å². The lowest BCUT2D eigenvalue weighted by molar-refractivity contribution is -0.134. The van der Waals surface area contributed by atoms with Crippen molar-refractivity contribution in [3.05, 3.63) is 63.6 Å². The number of nitriles is 1. The molecule has 2 aromatic rings. The molecule has 1 aliphatic rings. The number of hydrogen-bond donors (Lipinski definition) is 2. The number of imide groups is 1. The maximum absolute atomic E-state index is 13.1. The Balaban J connectivity index is 1.77. The van der Waals surface area contributed by atoms with Crippen LogP contribution < -0.4 is 10.6 Å². The Kier molecular flexibility index (Phi) is 5.78. The van der Waals surface area contributed by atoms with E-state index in [2.05, 4.69) is 10.6 Å². The van der Waals surface area contributed by atoms with Crippen LogP contribution in [0.3, 0.4) is 0 Å². The lowest BCUT2D eigenvalue weighted by Gasteiger charge is -2.25. The summed E-state index contributed by atoms with van der Waals surface area (Å²) >= 11 is 11.9. The highest BCUT2D eigenvalue weighted by atomic mass is 35.5. The Labute approximate surface area is 177 Å². The maximum Gasteiger partial charge on any atom is 0.325 e. The second-order valence-electron chi connectivity index (χ2n) is 6.44. The SMILES string of the molecule is CCC1(c2ccc(Cl)cc2)NC(=O)N(CC(=O)Nc2ccc(C#N)c(Cl)c2)C1=O. The normalized spacial score (nSPS) is 18.3. The number of nitrogens with one attached hydrogen (secondary N) is 2. The van der Waals surface area contributed by atoms with Gasteiger partial charge >= 0.3 is 6.03 Å². The minimum absolute atomic E-state index is 0.188. The van der Waals surface area contributed by atoms with Gasteiger partial charge in [-0.1, -0.05) is 42.3 Å². The van der Waals surface area contributed by atoms with Crippen LogP contribution in [0.4, 0.5) is 10.5 Å². The van der Waals surface area contributed by atoms with Gasteiger partial charge in [0.1, 0.15) is 18.2 Å². The van der Waals surface area contributed by atoms with Crippen LogP contribution in [0.15, 0.2) is 42.5 Å². The van der Waals surface area contributed by atoms with E-state index in [0.717, 1.165) is 4.90 Å². The summed E-state index contributed by atoms with van der Waals surface area (Å²) in [4.78, 5) is 38.8. The van der Waals surface area contributed by atoms with E-state index in [1.165, 1.54) is 18.2 Å². The number of hydrogen-bond acceptors (Lipinski definition) is 4. The molecule has 1 heterocycles. The van der Waals surface area contributed by atoms with Crippen molar-refractivity contribution < 1.29 is 14.4 Å². The second-order valence-corrected chi connectivity index (χ2v) is 7.29. The molecule has 2 N–H and O–H groups in total. The van der Waals surface area contributed by atoms with Gasteiger partial charge < -0.3 is 10.6 Å². The number of nitrogens with zero attached hydrogens (tertiary/aromatic N) is 2. The number of rotatable bonds is 5. The van der Waals surface area contributed by atoms with Gasteiger partial charge in [-0.2, -0.15) is 5.26 Å². The molecule has 2 aromatic carbocycles. The molecule has 29 heavy (non-hydrogen) atoms. The number of anilines is 1. The molecule has 9 heteroatoms. The summed E-state index contributed by atoms with van der Waals surface area (Å²) in [6, 6.07) is 12.3. The molecular formula is C20H16Cl2N4O3. The van der Waals surface area contributed by atoms with Gasteiger partial charge in [-0.25, -0.2) is 4.79 Å². The summed E-state index contributed by atoms with van der Waals surface area (Å²) < 4.78 is 0. The summed E-state index contributed by atoms with van der Waals surface area (Å²) in [7, 11) is 0. The van der Waals surface area contributed by atoms with E-state index in [4.69, 9.17) is 28.5 Å². The molecule has 1 aliphatic heterocycles. The van der Waals surface area contributed by atoms with Crippen LogP contribution in [0.2, 0.25) is 10.0 Å². The van der Waals surface area contributed by atoms with Crippen LogP contribution in [0, 0.1) is 11.3 Å². The fourth-order valence-corrected chi connectivity index (χ4v) is 3.52. The van der Waals surface area contributed by atoms with E-state index < -0.39 is 29.9 Å². The van der Waals surface area contributed by atoms with Crippen LogP contribution in [0.1, 0.15) is 24.5 Å². The third kappa shape index (κ3) is 3.90. The molecule has 7 nitrogen and oxygen atoms in total. The number of halogens is 2. The monoisotopic (exact) mass is 430 g/mol. The first kappa shape index (κ1) is 20.6. The van der Waals surface area contributed by atoms with Gasteiger partial charge in [-0.15, -0.1) is 0 Å². The highest BCUT2D eigenvalue weighted by Gasteiger charge is 2.51. The molecule has 0 spiro atoms. The summed E-state index contributed by atoms with van der Waals surface area (Å²) in [5, 5.41) is 14.9. The molecule has 0 aliphatic carbocycles. The summed E-state index contributed by atoms with van der Waals surface area (Å²) in [5.74, 6) is -1.09. The number of carbonyl (C=O) groups excluding carboxylic acids is 3.